The second-order valence-electron chi connectivity index (χ2n) is 25.0. The summed E-state index contributed by atoms with van der Waals surface area (Å²) < 4.78 is 51.4. The minimum atomic E-state index is 0.268. The highest BCUT2D eigenvalue weighted by molar-refractivity contribution is 5.56. The van der Waals surface area contributed by atoms with Gasteiger partial charge in [-0.1, -0.05) is 0 Å². The standard InChI is InChI=1S/2C9H13N5O.3C8H11N5O.3C7H9N5O.C6H7N5O/c1-13(2)8-10-9(12-11-8)14(3)7-5-4-6-15-7;1-13(2)9-12-11-8(14(9)3)10-7-5-4-6-15-7;1-12(6-4-3-5-14-6)8-11-10-7(9)13(8)2;1-13(2)8-10-7(11-12-8)9-6-4-3-5-14-6;1-9-7-10-8(12-11-7)13(2)6-4-3-5-14-6;1-12(5-3-2-4-13-5)7-9-6(8)10-11-7;1-12-6(8)10-11-7(12)9-5-3-2-4-13-5;1-8-6-10-7(12-11-6)9-5-3-2-4-13-5;7-5-9-6(11-10-5)8-4-2-1-3-12-4/h4-6H,1-3H3,(H,10,11,12);4-6H,1-3H3,(H,10,11);3-5H,1-2H3,(H2,9,10);2*3-5H,1-2H3,(H2,9,10,11,12);2-4H,1H3,(H3,8,9,10,11);2-4H,1H3,(H2,8,10)(H,9,11);2-4H,1H3,(H3,8,9,10,11,12);1-3H,(H4,7,8,9,10,11). The maximum Gasteiger partial charge on any atom is 0.252 e. The second-order valence-corrected chi connectivity index (χ2v) is 25.0. The maximum atomic E-state index is 5.56. The Balaban J connectivity index is 0.000000145. The first kappa shape index (κ1) is 87.6. The highest BCUT2D eigenvalue weighted by Gasteiger charge is 2.18. The number of nitrogens with two attached hydrogens (primary N) is 4. The summed E-state index contributed by atoms with van der Waals surface area (Å²) in [4.78, 5) is 37.0. The van der Waals surface area contributed by atoms with Gasteiger partial charge in [-0.15, -0.1) is 61.2 Å². The largest absolute Gasteiger partial charge is 0.449 e. The minimum absolute atomic E-state index is 0.268. The fourth-order valence-corrected chi connectivity index (χ4v) is 9.24. The van der Waals surface area contributed by atoms with Crippen LogP contribution in [0.1, 0.15) is 0 Å². The molecule has 0 fully saturated rings. The zero-order chi connectivity index (χ0) is 87.7. The van der Waals surface area contributed by atoms with Crippen molar-refractivity contribution in [2.75, 3.05) is 179 Å². The molecule has 0 aliphatic heterocycles. The van der Waals surface area contributed by atoms with Crippen LogP contribution in [0, 0.1) is 0 Å². The summed E-state index contributed by atoms with van der Waals surface area (Å²) in [5.74, 6) is 15.4. The fourth-order valence-electron chi connectivity index (χ4n) is 9.24. The van der Waals surface area contributed by atoms with Crippen molar-refractivity contribution < 1.29 is 39.8 Å². The number of hydrogen-bond acceptors (Lipinski definition) is 45. The first-order valence-electron chi connectivity index (χ1n) is 36.1. The van der Waals surface area contributed by atoms with E-state index >= 15 is 0 Å². The summed E-state index contributed by atoms with van der Waals surface area (Å²) in [5.41, 5.74) is 21.7. The molecule has 0 aliphatic carbocycles. The summed E-state index contributed by atoms with van der Waals surface area (Å²) in [6.45, 7) is 0. The van der Waals surface area contributed by atoms with Crippen LogP contribution in [0.3, 0.4) is 0 Å². The normalized spacial score (nSPS) is 10.2. The fraction of sp³-hybridized carbons (Fsp3) is 0.217. The van der Waals surface area contributed by atoms with Crippen LogP contribution in [0.2, 0.25) is 0 Å². The lowest BCUT2D eigenvalue weighted by Crippen LogP contribution is -2.14. The third-order valence-corrected chi connectivity index (χ3v) is 15.6. The lowest BCUT2D eigenvalue weighted by molar-refractivity contribution is 0.566. The molecule has 0 unspecified atom stereocenters. The third kappa shape index (κ3) is 25.6. The van der Waals surface area contributed by atoms with E-state index in [9.17, 15) is 0 Å². The van der Waals surface area contributed by atoms with E-state index in [0.717, 1.165) is 11.8 Å². The first-order valence-corrected chi connectivity index (χ1v) is 36.1. The third-order valence-electron chi connectivity index (χ3n) is 15.6. The van der Waals surface area contributed by atoms with Crippen LogP contribution in [0.25, 0.3) is 0 Å². The molecule has 0 amide bonds. The summed E-state index contributed by atoms with van der Waals surface area (Å²) >= 11 is 0. The number of furan rings is 9. The van der Waals surface area contributed by atoms with E-state index in [-0.39, 0.29) is 11.9 Å². The number of hydrogen-bond donors (Lipinski definition) is 17. The Kier molecular flexibility index (Phi) is 30.8. The Bertz CT molecular complexity index is 5790. The van der Waals surface area contributed by atoms with Crippen molar-refractivity contribution in [3.05, 3.63) is 166 Å². The Hall–Kier alpha value is -17.8. The quantitative estimate of drug-likeness (QED) is 0.0284. The van der Waals surface area contributed by atoms with Crippen LogP contribution in [0.5, 0.6) is 0 Å². The molecule has 18 rings (SSSR count). The minimum Gasteiger partial charge on any atom is -0.449 e. The number of rotatable bonds is 23. The van der Waals surface area contributed by atoms with Crippen LogP contribution < -0.4 is 94.5 Å². The Morgan fingerprint density at radius 2 is 0.675 bits per heavy atom. The van der Waals surface area contributed by atoms with Crippen molar-refractivity contribution in [3.8, 4) is 0 Å². The molecular formula is C69H93N45O9. The average Bonchev–Trinajstić information content (AvgIpc) is 1.70. The smallest absolute Gasteiger partial charge is 0.252 e. The van der Waals surface area contributed by atoms with Gasteiger partial charge >= 0.3 is 0 Å². The van der Waals surface area contributed by atoms with Gasteiger partial charge in [0.1, 0.15) is 0 Å². The molecule has 18 aromatic heterocycles. The van der Waals surface area contributed by atoms with Crippen LogP contribution in [0.4, 0.5) is 160 Å². The van der Waals surface area contributed by atoms with Crippen LogP contribution in [0.15, 0.2) is 205 Å². The average molecular weight is 1700 g/mol. The lowest BCUT2D eigenvalue weighted by atomic mass is 10.6. The molecule has 0 radical (unpaired) electrons. The van der Waals surface area contributed by atoms with Gasteiger partial charge in [0.25, 0.3) is 11.9 Å². The number of aromatic amines is 6. The van der Waals surface area contributed by atoms with Crippen molar-refractivity contribution >= 4 is 160 Å². The highest BCUT2D eigenvalue weighted by atomic mass is 16.4. The monoisotopic (exact) mass is 1700 g/mol. The number of anilines is 27. The molecule has 123 heavy (non-hydrogen) atoms. The lowest BCUT2D eigenvalue weighted by Gasteiger charge is -2.13. The zero-order valence-corrected chi connectivity index (χ0v) is 69.1. The molecule has 0 spiro atoms. The zero-order valence-electron chi connectivity index (χ0n) is 69.1. The topological polar surface area (TPSA) is 671 Å². The molecule has 18 heterocycles. The SMILES string of the molecule is CN(C)c1n[nH]c(N(C)c2ccco2)n1.CN(C)c1n[nH]c(Nc2ccco2)n1.CN(C)c1nnc(Nc2ccco2)n1C.CN(c1ccco1)c1nnc(N)n1C.CN(c1n[nH]c(N)n1)c1ccco1.CNc1n[nH]c(Nc2ccco2)n1.CNc1nc(N(C)c2ccco2)n[nH]1.Cn1c(N)nnc1Nc1ccco1.Nc1nc(Nc2ccco2)n[nH]1. The number of nitrogen functional groups attached to an aromatic ring is 4. The Labute approximate surface area is 698 Å². The number of nitrogens with one attached hydrogen (secondary N) is 13. The number of H-pyrrole nitrogens is 6. The van der Waals surface area contributed by atoms with E-state index in [0.29, 0.717) is 136 Å². The van der Waals surface area contributed by atoms with Gasteiger partial charge < -0.3 is 88.0 Å². The summed E-state index contributed by atoms with van der Waals surface area (Å²) in [6.07, 6.45) is 14.3. The molecule has 0 bridgehead atoms. The number of aromatic nitrogens is 27. The molecule has 0 saturated carbocycles. The molecule has 54 nitrogen and oxygen atoms in total. The Morgan fingerprint density at radius 1 is 0.301 bits per heavy atom. The van der Waals surface area contributed by atoms with Crippen molar-refractivity contribution in [3.63, 3.8) is 0 Å². The molecule has 21 N–H and O–H groups in total. The molecule has 54 heteroatoms. The van der Waals surface area contributed by atoms with Crippen molar-refractivity contribution in [2.24, 2.45) is 21.1 Å². The van der Waals surface area contributed by atoms with Gasteiger partial charge in [-0.25, -0.2) is 30.6 Å². The van der Waals surface area contributed by atoms with Crippen LogP contribution in [-0.4, -0.2) is 220 Å². The van der Waals surface area contributed by atoms with Gasteiger partial charge in [-0.3, -0.25) is 59.9 Å². The predicted octanol–water partition coefficient (Wildman–Crippen LogP) is 9.01. The van der Waals surface area contributed by atoms with E-state index in [2.05, 4.69) is 159 Å². The van der Waals surface area contributed by atoms with Gasteiger partial charge in [-0.2, -0.15) is 29.9 Å². The van der Waals surface area contributed by atoms with E-state index in [1.165, 1.54) is 0 Å². The van der Waals surface area contributed by atoms with Gasteiger partial charge in [0, 0.05) is 160 Å². The van der Waals surface area contributed by atoms with Gasteiger partial charge in [0.15, 0.2) is 29.4 Å². The molecule has 18 aromatic rings. The van der Waals surface area contributed by atoms with E-state index in [4.69, 9.17) is 62.7 Å². The van der Waals surface area contributed by atoms with E-state index in [1.807, 2.05) is 144 Å². The summed E-state index contributed by atoms with van der Waals surface area (Å²) in [6, 6.07) is 32.5. The molecular weight excluding hydrogens is 1600 g/mol. The molecule has 648 valence electrons. The first-order chi connectivity index (χ1) is 59.4. The van der Waals surface area contributed by atoms with Gasteiger partial charge in [0.05, 0.1) is 56.4 Å². The summed E-state index contributed by atoms with van der Waals surface area (Å²) in [7, 11) is 27.7. The number of nitrogens with zero attached hydrogens (tertiary/aromatic N) is 28. The highest BCUT2D eigenvalue weighted by Crippen LogP contribution is 2.27. The Morgan fingerprint density at radius 3 is 1.07 bits per heavy atom. The molecule has 0 aromatic carbocycles. The second kappa shape index (κ2) is 43.2. The molecule has 0 saturated heterocycles. The van der Waals surface area contributed by atoms with Crippen molar-refractivity contribution in [2.45, 2.75) is 0 Å². The molecule has 0 atom stereocenters. The predicted molar refractivity (Wildman–Crippen MR) is 458 cm³/mol. The van der Waals surface area contributed by atoms with Crippen molar-refractivity contribution in [1.29, 1.82) is 0 Å². The van der Waals surface area contributed by atoms with Crippen LogP contribution in [-0.2, 0) is 21.1 Å². The van der Waals surface area contributed by atoms with Gasteiger partial charge in [-0.05, 0) is 54.6 Å². The van der Waals surface area contributed by atoms with Gasteiger partial charge in [0.2, 0.25) is 119 Å². The van der Waals surface area contributed by atoms with E-state index < -0.39 is 0 Å². The van der Waals surface area contributed by atoms with Crippen molar-refractivity contribution in [1.82, 2.24) is 135 Å². The molecule has 0 aliphatic rings. The summed E-state index contributed by atoms with van der Waals surface area (Å²) in [5, 5.41) is 83.1. The van der Waals surface area contributed by atoms with Crippen LogP contribution >= 0.6 is 0 Å². The van der Waals surface area contributed by atoms with E-state index in [1.54, 1.807) is 175 Å². The maximum absolute atomic E-state index is 5.56.